The van der Waals surface area contributed by atoms with Crippen LogP contribution in [0.4, 0.5) is 47.8 Å². The fourth-order valence-electron chi connectivity index (χ4n) is 10.3. The van der Waals surface area contributed by atoms with E-state index in [9.17, 15) is 78.7 Å². The Morgan fingerprint density at radius 2 is 0.906 bits per heavy atom. The molecule has 616 valence electrons. The van der Waals surface area contributed by atoms with Crippen LogP contribution in [0, 0.1) is 55.7 Å². The van der Waals surface area contributed by atoms with Crippen LogP contribution < -0.4 is 66.3 Å². The van der Waals surface area contributed by atoms with Gasteiger partial charge in [-0.25, -0.2) is 31.1 Å². The second-order valence-electron chi connectivity index (χ2n) is 26.9. The predicted molar refractivity (Wildman–Crippen MR) is 437 cm³/mol. The number of nitrogen functional groups attached to an aromatic ring is 1. The first-order chi connectivity index (χ1) is 55.5. The molecule has 9 aromatic rings. The van der Waals surface area contributed by atoms with E-state index >= 15 is 0 Å². The molecule has 3 aliphatic rings. The number of aldehydes is 3. The molecule has 0 bridgehead atoms. The summed E-state index contributed by atoms with van der Waals surface area (Å²) in [7, 11) is -3.09. The summed E-state index contributed by atoms with van der Waals surface area (Å²) in [6.07, 6.45) is 8.67. The number of anilines is 3. The maximum atomic E-state index is 14.6. The Balaban J connectivity index is 0.000000483. The number of aromatic hydroxyl groups is 2. The number of rotatable bonds is 20. The molecule has 0 aliphatic carbocycles. The number of carbonyl (C=O) groups excluding carboxylic acids is 10. The first kappa shape index (κ1) is 97.5. The van der Waals surface area contributed by atoms with Crippen molar-refractivity contribution < 1.29 is 130 Å². The van der Waals surface area contributed by atoms with Gasteiger partial charge >= 0.3 is 35.5 Å². The minimum absolute atomic E-state index is 0. The molecule has 0 saturated heterocycles. The van der Waals surface area contributed by atoms with Crippen LogP contribution in [0.5, 0.6) is 17.2 Å². The molecular formula is C88H96F7N6NaO14Si. The van der Waals surface area contributed by atoms with E-state index in [-0.39, 0.29) is 94.2 Å². The number of imide groups is 3. The third-order valence-corrected chi connectivity index (χ3v) is 21.9. The fraction of sp³-hybridized carbons (Fsp3) is 0.250. The van der Waals surface area contributed by atoms with E-state index in [1.165, 1.54) is 54.6 Å². The Bertz CT molecular complexity index is 4980. The first-order valence-corrected chi connectivity index (χ1v) is 39.4. The molecule has 6 amide bonds. The van der Waals surface area contributed by atoms with Crippen molar-refractivity contribution in [3.63, 3.8) is 0 Å². The number of ether oxygens (including phenoxy) is 1. The molecule has 0 saturated carbocycles. The first-order valence-electron chi connectivity index (χ1n) is 37.2. The van der Waals surface area contributed by atoms with Crippen LogP contribution in [0.1, 0.15) is 185 Å². The Morgan fingerprint density at radius 1 is 0.530 bits per heavy atom. The zero-order valence-electron chi connectivity index (χ0n) is 69.1. The number of hydrogen-bond acceptors (Lipinski definition) is 17. The van der Waals surface area contributed by atoms with Gasteiger partial charge in [-0.1, -0.05) is 101 Å². The number of phenolic OH excluding ortho intramolecular Hbond substituents is 2. The summed E-state index contributed by atoms with van der Waals surface area (Å²) in [5.74, 6) is -5.74. The second kappa shape index (κ2) is 49.2. The predicted octanol–water partition coefficient (Wildman–Crippen LogP) is 14.7. The largest absolute Gasteiger partial charge is 1.00 e. The monoisotopic (exact) mass is 1650 g/mol. The van der Waals surface area contributed by atoms with Gasteiger partial charge in [0.1, 0.15) is 42.1 Å². The summed E-state index contributed by atoms with van der Waals surface area (Å²) in [6.45, 7) is 22.9. The number of carbonyl (C=O) groups is 10. The Labute approximate surface area is 701 Å². The van der Waals surface area contributed by atoms with Gasteiger partial charge in [-0.05, 0) is 220 Å². The van der Waals surface area contributed by atoms with E-state index in [2.05, 4.69) is 60.4 Å². The molecule has 0 spiro atoms. The number of alkyl halides is 1. The molecule has 12 rings (SSSR count). The third-order valence-electron chi connectivity index (χ3n) is 17.5. The maximum absolute atomic E-state index is 14.6. The number of benzene rings is 9. The van der Waals surface area contributed by atoms with Gasteiger partial charge < -0.3 is 42.0 Å². The van der Waals surface area contributed by atoms with Gasteiger partial charge in [0.25, 0.3) is 43.8 Å². The zero-order chi connectivity index (χ0) is 87.3. The SMILES string of the molecule is CC.CC(C)(C)[Si](C)(C)Oc1ccc(CCCNc2cccc3c2C(=O)NC3=O)cc1F.CCOC(=O)/C=C/c1ccc(C)c(F)c1.Cc1ccc(C=O)cc1F.Cc1ccc(CCC=O)cc1F.Nc1cccc2c1C(=O)NC2=O.O=C1NC(=O)c2c(NCCCc3ccc(O)c(F)c3)cccc21.O=Cc1ccc(O)c(F)c1.[2H]CF.[H-].[Na+]. The second-order valence-corrected chi connectivity index (χ2v) is 31.6. The van der Waals surface area contributed by atoms with E-state index in [0.29, 0.717) is 148 Å². The van der Waals surface area contributed by atoms with E-state index in [4.69, 9.17) is 26.5 Å². The average Bonchev–Trinajstić information content (AvgIpc) is 1.69. The molecule has 0 radical (unpaired) electrons. The Morgan fingerprint density at radius 3 is 1.33 bits per heavy atom. The number of aryl methyl sites for hydroxylation is 6. The van der Waals surface area contributed by atoms with Crippen molar-refractivity contribution in [3.05, 3.63) is 288 Å². The minimum atomic E-state index is -2.09. The van der Waals surface area contributed by atoms with Gasteiger partial charge in [-0.15, -0.1) is 0 Å². The number of nitrogens with two attached hydrogens (primary N) is 1. The smallest absolute Gasteiger partial charge is 1.00 e. The van der Waals surface area contributed by atoms with Gasteiger partial charge in [-0.3, -0.25) is 58.7 Å². The zero-order valence-corrected chi connectivity index (χ0v) is 70.1. The van der Waals surface area contributed by atoms with Gasteiger partial charge in [0.05, 0.1) is 48.5 Å². The summed E-state index contributed by atoms with van der Waals surface area (Å²) in [6, 6.07) is 42.2. The quantitative estimate of drug-likeness (QED) is 0.00514. The van der Waals surface area contributed by atoms with Gasteiger partial charge in [0.2, 0.25) is 0 Å². The van der Waals surface area contributed by atoms with E-state index < -0.39 is 50.6 Å². The van der Waals surface area contributed by atoms with E-state index in [1.807, 2.05) is 26.0 Å². The van der Waals surface area contributed by atoms with E-state index in [1.54, 1.807) is 125 Å². The molecule has 3 heterocycles. The number of hydrogen-bond donors (Lipinski definition) is 8. The molecule has 117 heavy (non-hydrogen) atoms. The third kappa shape index (κ3) is 30.7. The number of esters is 1. The van der Waals surface area contributed by atoms with Crippen molar-refractivity contribution in [1.29, 1.82) is 0 Å². The standard InChI is InChI=1S/C23H29FN2O3Si.C17H15FN2O3.C12H13FO2.C10H11FO.C8H7FO.C8H6N2O2.C7H5FO2.C2H6.CH3F.Na.H/c1-23(2,3)30(4,5)29-19-12-11-15(14-17(19)24)8-7-13-25-18-10-6-9-16-20(18)22(28)26-21(16)27;18-12-9-10(6-7-14(12)21)3-2-8-19-13-5-1-4-11-15(13)17(23)20-16(11)22;1-3-15-12(14)7-6-10-5-4-9(2)11(13)8-10;1-8-4-5-9(3-2-6-12)7-10(8)11;1-6-2-3-7(5-10)4-8(6)9;9-5-3-1-2-4-6(5)8(12)10-7(4)11;8-6-3-5(4-9)1-2-7(6)10;2*1-2;;/h6,9-12,14,25H,7-8,13H2,1-5H3,(H,26,27,28);1,4-7,9,19,21H,2-3,8H2,(H,20,22,23);4-8H,3H2,1-2H3;4-7H,2-3H2,1H3;2-5H,1H3;1-3H,9H2,(H,10,11,12);1-4,10H;1-2H3;1H3;;/q;;;;;;;;;+1;-1/b;;7-6+;;;;;;;;/i;;;;;;;;1D;;. The molecule has 0 fully saturated rings. The van der Waals surface area contributed by atoms with Crippen LogP contribution in [0.25, 0.3) is 6.08 Å². The van der Waals surface area contributed by atoms with Crippen molar-refractivity contribution in [2.24, 2.45) is 0 Å². The molecule has 0 unspecified atom stereocenters. The summed E-state index contributed by atoms with van der Waals surface area (Å²) < 4.78 is 105. The van der Waals surface area contributed by atoms with Gasteiger partial charge in [0.15, 0.2) is 29.0 Å². The van der Waals surface area contributed by atoms with Crippen molar-refractivity contribution >= 4 is 91.7 Å². The van der Waals surface area contributed by atoms with Crippen molar-refractivity contribution in [2.75, 3.05) is 43.2 Å². The normalized spacial score (nSPS) is 11.7. The molecule has 9 N–H and O–H groups in total. The van der Waals surface area contributed by atoms with Gasteiger partial charge in [-0.2, -0.15) is 0 Å². The van der Waals surface area contributed by atoms with E-state index in [0.717, 1.165) is 41.5 Å². The number of nitrogens with one attached hydrogen (secondary N) is 5. The molecule has 20 nitrogen and oxygen atoms in total. The van der Waals surface area contributed by atoms with Crippen LogP contribution in [-0.2, 0) is 33.6 Å². The van der Waals surface area contributed by atoms with Crippen molar-refractivity contribution in [2.45, 2.75) is 119 Å². The summed E-state index contributed by atoms with van der Waals surface area (Å²) >= 11 is 0. The molecule has 3 aliphatic heterocycles. The number of amides is 6. The summed E-state index contributed by atoms with van der Waals surface area (Å²) in [5, 5.41) is 30.9. The maximum Gasteiger partial charge on any atom is 1.00 e. The molecule has 0 aromatic heterocycles. The minimum Gasteiger partial charge on any atom is -1.00 e. The molecular weight excluding hydrogens is 1550 g/mol. The topological polar surface area (TPSA) is 316 Å². The van der Waals surface area contributed by atoms with Crippen LogP contribution in [0.3, 0.4) is 0 Å². The summed E-state index contributed by atoms with van der Waals surface area (Å²) in [5.41, 5.74) is 14.9. The number of phenols is 2. The van der Waals surface area contributed by atoms with Crippen LogP contribution in [0.2, 0.25) is 18.1 Å². The Hall–Kier alpha value is -11.9. The van der Waals surface area contributed by atoms with Crippen LogP contribution in [-0.4, -0.2) is 106 Å². The van der Waals surface area contributed by atoms with Crippen molar-refractivity contribution in [1.82, 2.24) is 16.0 Å². The summed E-state index contributed by atoms with van der Waals surface area (Å²) in [4.78, 5) is 110. The Kier molecular flexibility index (Phi) is 41.0. The number of halogens is 7. The average molecular weight is 1650 g/mol. The van der Waals surface area contributed by atoms with Gasteiger partial charge in [0, 0.05) is 53.8 Å². The number of fused-ring (bicyclic) bond motifs is 3. The molecule has 29 heteroatoms. The van der Waals surface area contributed by atoms with Crippen LogP contribution in [0.15, 0.2) is 170 Å². The van der Waals surface area contributed by atoms with Crippen LogP contribution >= 0.6 is 0 Å². The fourth-order valence-corrected chi connectivity index (χ4v) is 11.3. The molecule has 9 aromatic carbocycles. The molecule has 0 atom stereocenters. The van der Waals surface area contributed by atoms with Crippen molar-refractivity contribution in [3.8, 4) is 17.2 Å².